The first-order chi connectivity index (χ1) is 12.8. The van der Waals surface area contributed by atoms with Crippen LogP contribution in [0.2, 0.25) is 0 Å². The van der Waals surface area contributed by atoms with Gasteiger partial charge in [0.2, 0.25) is 5.76 Å². The molecule has 1 aromatic heterocycles. The summed E-state index contributed by atoms with van der Waals surface area (Å²) in [5, 5.41) is 2.59. The van der Waals surface area contributed by atoms with E-state index in [1.54, 1.807) is 0 Å². The van der Waals surface area contributed by atoms with Crippen molar-refractivity contribution in [3.63, 3.8) is 0 Å². The van der Waals surface area contributed by atoms with Crippen molar-refractivity contribution in [3.8, 4) is 0 Å². The Bertz CT molecular complexity index is 963. The van der Waals surface area contributed by atoms with Crippen LogP contribution in [0.15, 0.2) is 50.7 Å². The molecule has 0 bridgehead atoms. The van der Waals surface area contributed by atoms with Crippen molar-refractivity contribution >= 4 is 40.6 Å². The Kier molecular flexibility index (Phi) is 5.08. The van der Waals surface area contributed by atoms with Crippen LogP contribution in [0.25, 0.3) is 6.08 Å². The molecular weight excluding hydrogens is 385 g/mol. The van der Waals surface area contributed by atoms with Crippen LogP contribution in [0.5, 0.6) is 0 Å². The van der Waals surface area contributed by atoms with Gasteiger partial charge in [0.1, 0.15) is 5.76 Å². The third kappa shape index (κ3) is 4.40. The van der Waals surface area contributed by atoms with E-state index in [9.17, 15) is 22.8 Å². The fourth-order valence-electron chi connectivity index (χ4n) is 2.12. The van der Waals surface area contributed by atoms with Crippen LogP contribution >= 0.6 is 11.8 Å². The lowest BCUT2D eigenvalue weighted by Crippen LogP contribution is -2.19. The van der Waals surface area contributed by atoms with Crippen molar-refractivity contribution in [2.24, 2.45) is 4.99 Å². The molecule has 0 unspecified atom stereocenters. The lowest BCUT2D eigenvalue weighted by Gasteiger charge is -2.06. The number of furan rings is 1. The number of amidine groups is 1. The van der Waals surface area contributed by atoms with Gasteiger partial charge in [-0.05, 0) is 42.1 Å². The summed E-state index contributed by atoms with van der Waals surface area (Å²) in [7, 11) is 1.21. The number of hydrogen-bond acceptors (Lipinski definition) is 6. The smallest absolute Gasteiger partial charge is 0.416 e. The summed E-state index contributed by atoms with van der Waals surface area (Å²) < 4.78 is 48.0. The minimum absolute atomic E-state index is 0.0226. The van der Waals surface area contributed by atoms with E-state index in [2.05, 4.69) is 15.0 Å². The predicted octanol–water partition coefficient (Wildman–Crippen LogP) is 3.98. The van der Waals surface area contributed by atoms with E-state index in [-0.39, 0.29) is 27.3 Å². The summed E-state index contributed by atoms with van der Waals surface area (Å²) >= 11 is 0.938. The molecule has 1 amide bonds. The number of alkyl halides is 3. The third-order valence-electron chi connectivity index (χ3n) is 3.34. The number of thioether (sulfide) groups is 1. The average Bonchev–Trinajstić information content (AvgIpc) is 3.21. The van der Waals surface area contributed by atoms with Crippen LogP contribution in [0, 0.1) is 0 Å². The second kappa shape index (κ2) is 7.31. The third-order valence-corrected chi connectivity index (χ3v) is 4.25. The summed E-state index contributed by atoms with van der Waals surface area (Å²) in [5.74, 6) is -0.921. The number of methoxy groups -OCH3 is 1. The maximum absolute atomic E-state index is 12.8. The van der Waals surface area contributed by atoms with E-state index < -0.39 is 23.6 Å². The van der Waals surface area contributed by atoms with E-state index in [1.807, 2.05) is 0 Å². The Morgan fingerprint density at radius 2 is 2.07 bits per heavy atom. The van der Waals surface area contributed by atoms with Gasteiger partial charge in [-0.2, -0.15) is 13.2 Å². The van der Waals surface area contributed by atoms with Gasteiger partial charge in [0.05, 0.1) is 23.3 Å². The van der Waals surface area contributed by atoms with E-state index in [4.69, 9.17) is 4.42 Å². The Labute approximate surface area is 155 Å². The SMILES string of the molecule is COC(=O)c1ccc(C=C2SC(=Nc3cccc(C(F)(F)F)c3)NC2=O)o1. The molecule has 6 nitrogen and oxygen atoms in total. The highest BCUT2D eigenvalue weighted by Crippen LogP contribution is 2.33. The second-order valence-electron chi connectivity index (χ2n) is 5.22. The molecule has 0 saturated carbocycles. The number of carbonyl (C=O) groups excluding carboxylic acids is 2. The van der Waals surface area contributed by atoms with Gasteiger partial charge < -0.3 is 14.5 Å². The van der Waals surface area contributed by atoms with Crippen LogP contribution < -0.4 is 5.32 Å². The van der Waals surface area contributed by atoms with Crippen molar-refractivity contribution in [2.45, 2.75) is 6.18 Å². The zero-order valence-corrected chi connectivity index (χ0v) is 14.5. The molecule has 0 aliphatic carbocycles. The molecule has 2 heterocycles. The van der Waals surface area contributed by atoms with Crippen LogP contribution in [-0.4, -0.2) is 24.2 Å². The van der Waals surface area contributed by atoms with Gasteiger partial charge in [0.25, 0.3) is 5.91 Å². The van der Waals surface area contributed by atoms with Gasteiger partial charge in [-0.3, -0.25) is 4.79 Å². The van der Waals surface area contributed by atoms with Crippen LogP contribution in [-0.2, 0) is 15.7 Å². The number of benzene rings is 1. The molecule has 27 heavy (non-hydrogen) atoms. The summed E-state index contributed by atoms with van der Waals surface area (Å²) in [5.41, 5.74) is -0.778. The highest BCUT2D eigenvalue weighted by Gasteiger charge is 2.30. The zero-order valence-electron chi connectivity index (χ0n) is 13.7. The second-order valence-corrected chi connectivity index (χ2v) is 6.25. The molecule has 1 aromatic carbocycles. The van der Waals surface area contributed by atoms with Gasteiger partial charge in [-0.25, -0.2) is 9.79 Å². The number of nitrogens with one attached hydrogen (secondary N) is 1. The van der Waals surface area contributed by atoms with Gasteiger partial charge in [0, 0.05) is 6.08 Å². The van der Waals surface area contributed by atoms with E-state index in [0.29, 0.717) is 0 Å². The zero-order chi connectivity index (χ0) is 19.6. The number of amides is 1. The van der Waals surface area contributed by atoms with Crippen molar-refractivity contribution in [2.75, 3.05) is 7.11 Å². The predicted molar refractivity (Wildman–Crippen MR) is 92.3 cm³/mol. The molecule has 1 aliphatic rings. The van der Waals surface area contributed by atoms with Crippen molar-refractivity contribution in [3.05, 3.63) is 58.4 Å². The highest BCUT2D eigenvalue weighted by molar-refractivity contribution is 8.18. The van der Waals surface area contributed by atoms with Crippen molar-refractivity contribution in [1.82, 2.24) is 5.32 Å². The van der Waals surface area contributed by atoms with E-state index >= 15 is 0 Å². The molecule has 1 aliphatic heterocycles. The van der Waals surface area contributed by atoms with Crippen LogP contribution in [0.4, 0.5) is 18.9 Å². The first-order valence-corrected chi connectivity index (χ1v) is 8.23. The Morgan fingerprint density at radius 3 is 2.78 bits per heavy atom. The molecule has 3 rings (SSSR count). The number of nitrogens with zero attached hydrogens (tertiary/aromatic N) is 1. The number of esters is 1. The highest BCUT2D eigenvalue weighted by atomic mass is 32.2. The molecule has 0 radical (unpaired) electrons. The molecule has 0 spiro atoms. The minimum atomic E-state index is -4.48. The number of carbonyl (C=O) groups is 2. The van der Waals surface area contributed by atoms with E-state index in [1.165, 1.54) is 37.5 Å². The van der Waals surface area contributed by atoms with Crippen LogP contribution in [0.3, 0.4) is 0 Å². The lowest BCUT2D eigenvalue weighted by atomic mass is 10.2. The standard InChI is InChI=1S/C17H11F3N2O4S/c1-25-15(24)12-6-5-11(26-12)8-13-14(23)22-16(27-13)21-10-4-2-3-9(7-10)17(18,19)20/h2-8H,1H3,(H,21,22,23). The number of ether oxygens (including phenoxy) is 1. The molecule has 0 atom stereocenters. The Balaban J connectivity index is 1.80. The maximum Gasteiger partial charge on any atom is 0.416 e. The molecular formula is C17H11F3N2O4S. The number of halogens is 3. The van der Waals surface area contributed by atoms with Crippen LogP contribution in [0.1, 0.15) is 21.9 Å². The molecule has 2 aromatic rings. The van der Waals surface area contributed by atoms with Gasteiger partial charge in [-0.15, -0.1) is 0 Å². The van der Waals surface area contributed by atoms with E-state index in [0.717, 1.165) is 23.9 Å². The normalized spacial score (nSPS) is 17.4. The molecule has 1 saturated heterocycles. The largest absolute Gasteiger partial charge is 0.463 e. The first-order valence-electron chi connectivity index (χ1n) is 7.41. The van der Waals surface area contributed by atoms with Gasteiger partial charge >= 0.3 is 12.1 Å². The number of aliphatic imine (C=N–C) groups is 1. The summed E-state index contributed by atoms with van der Waals surface area (Å²) in [4.78, 5) is 27.6. The summed E-state index contributed by atoms with van der Waals surface area (Å²) in [6.45, 7) is 0. The maximum atomic E-state index is 12.8. The summed E-state index contributed by atoms with van der Waals surface area (Å²) in [6.07, 6.45) is -3.09. The quantitative estimate of drug-likeness (QED) is 0.627. The minimum Gasteiger partial charge on any atom is -0.463 e. The first kappa shape index (κ1) is 18.8. The Hall–Kier alpha value is -3.01. The van der Waals surface area contributed by atoms with Gasteiger partial charge in [-0.1, -0.05) is 6.07 Å². The molecule has 1 fully saturated rings. The fraction of sp³-hybridized carbons (Fsp3) is 0.118. The Morgan fingerprint density at radius 1 is 1.30 bits per heavy atom. The number of rotatable bonds is 3. The lowest BCUT2D eigenvalue weighted by molar-refractivity contribution is -0.137. The van der Waals surface area contributed by atoms with Gasteiger partial charge in [0.15, 0.2) is 5.17 Å². The molecule has 10 heteroatoms. The molecule has 140 valence electrons. The van der Waals surface area contributed by atoms with Crippen molar-refractivity contribution < 1.29 is 31.9 Å². The topological polar surface area (TPSA) is 80.9 Å². The van der Waals surface area contributed by atoms with Crippen molar-refractivity contribution in [1.29, 1.82) is 0 Å². The fourth-order valence-corrected chi connectivity index (χ4v) is 2.94. The monoisotopic (exact) mass is 396 g/mol. The molecule has 1 N–H and O–H groups in total. The average molecular weight is 396 g/mol. The number of hydrogen-bond donors (Lipinski definition) is 1. The summed E-state index contributed by atoms with van der Waals surface area (Å²) in [6, 6.07) is 7.33.